The fraction of sp³-hybridized carbons (Fsp3) is 0.449. The zero-order valence-electron chi connectivity index (χ0n) is 64.1. The fourth-order valence-corrected chi connectivity index (χ4v) is 12.3. The molecule has 0 bridgehead atoms. The van der Waals surface area contributed by atoms with E-state index < -0.39 is 212 Å². The number of unbranched alkanes of at least 4 members (excludes halogenated alkanes) is 2. The topological polar surface area (TPSA) is 613 Å². The molecule has 37 nitrogen and oxygen atoms in total. The molecule has 1 aliphatic heterocycles. The molecular formula is C78H106N18O19. The molecule has 622 valence electrons. The highest BCUT2D eigenvalue weighted by atomic mass is 16.4. The van der Waals surface area contributed by atoms with Gasteiger partial charge in [-0.1, -0.05) is 121 Å². The number of aromatic nitrogens is 1. The lowest BCUT2D eigenvalue weighted by Crippen LogP contribution is -2.63. The van der Waals surface area contributed by atoms with Crippen LogP contribution in [0.1, 0.15) is 101 Å². The Kier molecular flexibility index (Phi) is 37.4. The van der Waals surface area contributed by atoms with Gasteiger partial charge in [-0.25, -0.2) is 4.79 Å². The maximum absolute atomic E-state index is 15.4. The van der Waals surface area contributed by atoms with Gasteiger partial charge in [0.05, 0.1) is 37.8 Å². The normalized spacial score (nSPS) is 23.9. The number of aliphatic hydroxyl groups is 3. The van der Waals surface area contributed by atoms with Crippen molar-refractivity contribution in [1.29, 1.82) is 0 Å². The third-order valence-electron chi connectivity index (χ3n) is 18.6. The zero-order chi connectivity index (χ0) is 84.3. The van der Waals surface area contributed by atoms with Crippen LogP contribution in [-0.4, -0.2) is 231 Å². The summed E-state index contributed by atoms with van der Waals surface area (Å²) in [6, 6.07) is 9.46. The summed E-state index contributed by atoms with van der Waals surface area (Å²) in [6.07, 6.45) is -2.23. The Hall–Kier alpha value is -12.0. The second-order valence-electron chi connectivity index (χ2n) is 28.0. The van der Waals surface area contributed by atoms with Gasteiger partial charge in [-0.05, 0) is 114 Å². The quantitative estimate of drug-likeness (QED) is 0.0182. The van der Waals surface area contributed by atoms with Crippen molar-refractivity contribution >= 4 is 99.6 Å². The largest absolute Gasteiger partial charge is 0.480 e. The molecule has 115 heavy (non-hydrogen) atoms. The van der Waals surface area contributed by atoms with E-state index >= 15 is 14.4 Å². The summed E-state index contributed by atoms with van der Waals surface area (Å²) in [7, 11) is 0. The van der Waals surface area contributed by atoms with Gasteiger partial charge >= 0.3 is 5.97 Å². The standard InChI is InChI=1S/C78H106N18O19/c1-43(81)66(102)84-41-63(101)85-52-29-15-16-32-55(78(114)115)88-75(111)61(42-97)94-77(113)65(45(3)99)96-74(110)58(37-48-25-11-6-12-26-48)93-76(112)64(44(2)98)95-69(105)54(31-18-20-34-80)87-72(108)59(38-49-40-83-51-28-14-13-27-50(49)51)91-71(107)57(36-47-23-9-5-10-24-47)89-70(106)56(35-46-21-7-4-8-22-46)90-73(109)60(39-62(82)100)92-68(104)53(86-67(52)103)30-17-19-33-79/h4-16,21-28,40,43-45,52-61,64-65,83,97-99H,17-20,29-39,41-42,79-81H2,1-3H3,(H2,82,100)(H,84,102)(H,85,101)(H,86,103)(H,87,108)(H,88,111)(H,89,106)(H,90,109)(H,91,107)(H,92,104)(H,93,112)(H,94,113)(H,95,105)(H,96,110)(H,114,115)/b16-15-/t43-,44+,45+,52-,53-,54-,55-,56-,57-,58-,59-,60-,61-,64-,65-/m0/s1. The SMILES string of the molecule is C[C@H](N)C(=O)NCC(=O)N[C@H]1C/C=C\C[C@@H](C(=O)O)NC(=O)[C@H](CO)NC(=O)[C@H]([C@@H](C)O)NC(=O)[C@H](Cc2ccccc2)NC(=O)[C@H]([C@@H](C)O)NC(=O)[C@H](CCCCN)NC(=O)[C@H](Cc2c[nH]c3ccccc23)NC(=O)[C@H](Cc2ccccc2)NC(=O)[C@H](Cc2ccccc2)NC(=O)[C@H](CC(N)=O)NC(=O)[C@H](CCCCN)NC1=O. The number of para-hydroxylation sites is 1. The number of carboxylic acids is 1. The van der Waals surface area contributed by atoms with Crippen molar-refractivity contribution < 1.29 is 92.3 Å². The van der Waals surface area contributed by atoms with Gasteiger partial charge in [-0.2, -0.15) is 0 Å². The molecule has 0 aliphatic carbocycles. The number of hydrogen-bond donors (Lipinski definition) is 22. The van der Waals surface area contributed by atoms with Crippen molar-refractivity contribution in [2.45, 2.75) is 195 Å². The minimum Gasteiger partial charge on any atom is -0.480 e. The van der Waals surface area contributed by atoms with Crippen molar-refractivity contribution in [2.24, 2.45) is 22.9 Å². The van der Waals surface area contributed by atoms with Gasteiger partial charge in [0.1, 0.15) is 72.5 Å². The van der Waals surface area contributed by atoms with Gasteiger partial charge in [-0.15, -0.1) is 0 Å². The summed E-state index contributed by atoms with van der Waals surface area (Å²) in [4.78, 5) is 217. The predicted octanol–water partition coefficient (Wildman–Crippen LogP) is -4.96. The number of carbonyl (C=O) groups excluding carboxylic acids is 14. The summed E-state index contributed by atoms with van der Waals surface area (Å²) >= 11 is 0. The molecule has 0 unspecified atom stereocenters. The van der Waals surface area contributed by atoms with Gasteiger partial charge in [0.25, 0.3) is 0 Å². The minimum absolute atomic E-state index is 0.101. The van der Waals surface area contributed by atoms with E-state index in [1.54, 1.807) is 121 Å². The Labute approximate surface area is 663 Å². The van der Waals surface area contributed by atoms with Gasteiger partial charge in [0, 0.05) is 42.8 Å². The molecule has 0 radical (unpaired) electrons. The first-order valence-electron chi connectivity index (χ1n) is 37.8. The maximum Gasteiger partial charge on any atom is 0.326 e. The lowest BCUT2D eigenvalue weighted by atomic mass is 10.00. The number of aliphatic carboxylic acids is 1. The first-order chi connectivity index (χ1) is 54.9. The van der Waals surface area contributed by atoms with E-state index in [2.05, 4.69) is 74.1 Å². The van der Waals surface area contributed by atoms with E-state index in [1.165, 1.54) is 19.1 Å². The molecule has 5 aromatic rings. The van der Waals surface area contributed by atoms with Gasteiger partial charge in [0.2, 0.25) is 82.7 Å². The van der Waals surface area contributed by atoms with E-state index in [9.17, 15) is 78.0 Å². The summed E-state index contributed by atoms with van der Waals surface area (Å²) in [5.41, 5.74) is 25.6. The number of hydrogen-bond acceptors (Lipinski definition) is 21. The van der Waals surface area contributed by atoms with Crippen molar-refractivity contribution in [3.8, 4) is 0 Å². The highest BCUT2D eigenvalue weighted by Crippen LogP contribution is 2.21. The van der Waals surface area contributed by atoms with Crippen molar-refractivity contribution in [3.63, 3.8) is 0 Å². The molecule has 14 amide bonds. The Balaban J connectivity index is 1.48. The van der Waals surface area contributed by atoms with Crippen molar-refractivity contribution in [3.05, 3.63) is 156 Å². The van der Waals surface area contributed by atoms with Crippen molar-refractivity contribution in [2.75, 3.05) is 26.2 Å². The first kappa shape index (κ1) is 91.8. The van der Waals surface area contributed by atoms with Crippen LogP contribution in [0.3, 0.4) is 0 Å². The van der Waals surface area contributed by atoms with Crippen LogP contribution in [0.5, 0.6) is 0 Å². The average molecular weight is 1600 g/mol. The Morgan fingerprint density at radius 1 is 0.461 bits per heavy atom. The second kappa shape index (κ2) is 46.8. The van der Waals surface area contributed by atoms with Crippen LogP contribution in [-0.2, 0) is 97.6 Å². The maximum atomic E-state index is 15.4. The molecule has 6 rings (SSSR count). The summed E-state index contributed by atoms with van der Waals surface area (Å²) in [6.45, 7) is 1.85. The Morgan fingerprint density at radius 3 is 1.30 bits per heavy atom. The summed E-state index contributed by atoms with van der Waals surface area (Å²) < 4.78 is 0. The minimum atomic E-state index is -1.99. The zero-order valence-corrected chi connectivity index (χ0v) is 64.1. The van der Waals surface area contributed by atoms with Gasteiger partial charge in [0.15, 0.2) is 0 Å². The van der Waals surface area contributed by atoms with Crippen LogP contribution in [0.15, 0.2) is 134 Å². The van der Waals surface area contributed by atoms with E-state index in [0.717, 1.165) is 13.8 Å². The van der Waals surface area contributed by atoms with Crippen LogP contribution in [0.25, 0.3) is 10.9 Å². The van der Waals surface area contributed by atoms with E-state index in [-0.39, 0.29) is 70.9 Å². The van der Waals surface area contributed by atoms with Crippen LogP contribution in [0.2, 0.25) is 0 Å². The number of rotatable bonds is 26. The lowest BCUT2D eigenvalue weighted by molar-refractivity contribution is -0.142. The second-order valence-corrected chi connectivity index (χ2v) is 28.0. The molecule has 26 N–H and O–H groups in total. The molecule has 4 aromatic carbocycles. The molecule has 1 aromatic heterocycles. The van der Waals surface area contributed by atoms with E-state index in [1.807, 2.05) is 0 Å². The Morgan fingerprint density at radius 2 is 0.843 bits per heavy atom. The Bertz CT molecular complexity index is 4170. The number of primary amides is 1. The molecule has 0 saturated carbocycles. The van der Waals surface area contributed by atoms with E-state index in [4.69, 9.17) is 22.9 Å². The number of carboxylic acid groups (broad SMARTS) is 1. The highest BCUT2D eigenvalue weighted by Gasteiger charge is 2.40. The molecule has 1 aliphatic rings. The number of carbonyl (C=O) groups is 15. The van der Waals surface area contributed by atoms with Gasteiger partial charge in [-0.3, -0.25) is 67.1 Å². The monoisotopic (exact) mass is 1600 g/mol. The number of aromatic amines is 1. The van der Waals surface area contributed by atoms with Gasteiger partial charge < -0.3 is 117 Å². The average Bonchev–Trinajstić information content (AvgIpc) is 1.71. The van der Waals surface area contributed by atoms with Crippen molar-refractivity contribution in [1.82, 2.24) is 74.1 Å². The molecule has 0 spiro atoms. The fourth-order valence-electron chi connectivity index (χ4n) is 12.3. The highest BCUT2D eigenvalue weighted by molar-refractivity contribution is 6.01. The number of H-pyrrole nitrogens is 1. The number of nitrogens with two attached hydrogens (primary N) is 4. The molecular weight excluding hydrogens is 1490 g/mol. The third kappa shape index (κ3) is 30.1. The number of aliphatic hydroxyl groups excluding tert-OH is 3. The predicted molar refractivity (Wildman–Crippen MR) is 418 cm³/mol. The summed E-state index contributed by atoms with van der Waals surface area (Å²) in [5, 5.41) is 76.0. The first-order valence-corrected chi connectivity index (χ1v) is 37.8. The number of nitrogens with one attached hydrogen (secondary N) is 14. The van der Waals surface area contributed by atoms with Crippen LogP contribution < -0.4 is 92.1 Å². The molecule has 37 heteroatoms. The van der Waals surface area contributed by atoms with Crippen LogP contribution >= 0.6 is 0 Å². The number of benzene rings is 4. The molecule has 15 atom stereocenters. The smallest absolute Gasteiger partial charge is 0.326 e. The summed E-state index contributed by atoms with van der Waals surface area (Å²) in [5.74, 6) is -16.8. The van der Waals surface area contributed by atoms with E-state index in [0.29, 0.717) is 39.6 Å². The molecule has 2 heterocycles. The lowest BCUT2D eigenvalue weighted by Gasteiger charge is -2.29. The molecule has 0 fully saturated rings. The third-order valence-corrected chi connectivity index (χ3v) is 18.6. The van der Waals surface area contributed by atoms with Crippen LogP contribution in [0, 0.1) is 0 Å². The van der Waals surface area contributed by atoms with Crippen LogP contribution in [0.4, 0.5) is 0 Å². The molecule has 0 saturated heterocycles. The number of fused-ring (bicyclic) bond motifs is 1. The number of amides is 14.